The molecule has 0 saturated heterocycles. The first kappa shape index (κ1) is 17.8. The molecule has 0 bridgehead atoms. The van der Waals surface area contributed by atoms with Gasteiger partial charge in [-0.1, -0.05) is 38.1 Å². The van der Waals surface area contributed by atoms with E-state index in [4.69, 9.17) is 9.47 Å². The zero-order valence-corrected chi connectivity index (χ0v) is 14.1. The number of amides is 1. The molecular weight excluding hydrogens is 309 g/mol. The fourth-order valence-electron chi connectivity index (χ4n) is 2.40. The first-order valence-electron chi connectivity index (χ1n) is 7.82. The number of benzene rings is 2. The number of hydrogen-bond acceptors (Lipinski definition) is 3. The van der Waals surface area contributed by atoms with Crippen LogP contribution in [0, 0.1) is 11.7 Å². The van der Waals surface area contributed by atoms with Crippen LogP contribution in [-0.4, -0.2) is 19.6 Å². The average molecular weight is 331 g/mol. The molecule has 0 aliphatic heterocycles. The second-order valence-electron chi connectivity index (χ2n) is 5.78. The van der Waals surface area contributed by atoms with E-state index in [9.17, 15) is 9.18 Å². The summed E-state index contributed by atoms with van der Waals surface area (Å²) in [6, 6.07) is 13.1. The second-order valence-corrected chi connectivity index (χ2v) is 5.78. The third-order valence-electron chi connectivity index (χ3n) is 3.64. The summed E-state index contributed by atoms with van der Waals surface area (Å²) in [5.74, 6) is 0.698. The van der Waals surface area contributed by atoms with Crippen molar-refractivity contribution in [2.24, 2.45) is 5.92 Å². The molecule has 0 aromatic heterocycles. The maximum absolute atomic E-state index is 13.1. The van der Waals surface area contributed by atoms with Gasteiger partial charge in [0.2, 0.25) is 0 Å². The Hall–Kier alpha value is -2.56. The molecular formula is C19H22FNO3. The molecule has 2 rings (SSSR count). The normalized spacial score (nSPS) is 11.9. The third kappa shape index (κ3) is 4.72. The van der Waals surface area contributed by atoms with E-state index in [1.165, 1.54) is 12.1 Å². The van der Waals surface area contributed by atoms with Crippen LogP contribution in [0.15, 0.2) is 48.5 Å². The number of nitrogens with one attached hydrogen (secondary N) is 1. The van der Waals surface area contributed by atoms with Gasteiger partial charge in [-0.3, -0.25) is 4.79 Å². The van der Waals surface area contributed by atoms with Gasteiger partial charge in [-0.25, -0.2) is 4.39 Å². The van der Waals surface area contributed by atoms with E-state index in [0.717, 1.165) is 5.56 Å². The van der Waals surface area contributed by atoms with E-state index in [2.05, 4.69) is 5.32 Å². The number of carbonyl (C=O) groups is 1. The summed E-state index contributed by atoms with van der Waals surface area (Å²) in [4.78, 5) is 12.2. The molecule has 128 valence electrons. The van der Waals surface area contributed by atoms with E-state index in [0.29, 0.717) is 11.5 Å². The van der Waals surface area contributed by atoms with E-state index in [1.807, 2.05) is 26.0 Å². The van der Waals surface area contributed by atoms with Crippen LogP contribution in [0.2, 0.25) is 0 Å². The highest BCUT2D eigenvalue weighted by molar-refractivity contribution is 5.78. The van der Waals surface area contributed by atoms with Gasteiger partial charge in [0.1, 0.15) is 5.82 Å². The molecule has 0 spiro atoms. The van der Waals surface area contributed by atoms with Crippen molar-refractivity contribution in [3.8, 4) is 11.5 Å². The summed E-state index contributed by atoms with van der Waals surface area (Å²) < 4.78 is 23.8. The van der Waals surface area contributed by atoms with E-state index in [-0.39, 0.29) is 30.3 Å². The Morgan fingerprint density at radius 3 is 2.29 bits per heavy atom. The molecule has 4 nitrogen and oxygen atoms in total. The molecule has 0 unspecified atom stereocenters. The fourth-order valence-corrected chi connectivity index (χ4v) is 2.40. The Morgan fingerprint density at radius 2 is 1.71 bits per heavy atom. The summed E-state index contributed by atoms with van der Waals surface area (Å²) in [5.41, 5.74) is 0.858. The summed E-state index contributed by atoms with van der Waals surface area (Å²) in [6.07, 6.45) is 0. The highest BCUT2D eigenvalue weighted by atomic mass is 19.1. The van der Waals surface area contributed by atoms with Crippen LogP contribution in [0.5, 0.6) is 11.5 Å². The fraction of sp³-hybridized carbons (Fsp3) is 0.316. The molecule has 0 radical (unpaired) electrons. The van der Waals surface area contributed by atoms with Gasteiger partial charge in [0.05, 0.1) is 13.2 Å². The minimum absolute atomic E-state index is 0.120. The largest absolute Gasteiger partial charge is 0.493 e. The van der Waals surface area contributed by atoms with Gasteiger partial charge >= 0.3 is 0 Å². The monoisotopic (exact) mass is 331 g/mol. The summed E-state index contributed by atoms with van der Waals surface area (Å²) >= 11 is 0. The molecule has 2 aromatic rings. The highest BCUT2D eigenvalue weighted by Gasteiger charge is 2.19. The van der Waals surface area contributed by atoms with Gasteiger partial charge < -0.3 is 14.8 Å². The third-order valence-corrected chi connectivity index (χ3v) is 3.64. The Labute approximate surface area is 141 Å². The van der Waals surface area contributed by atoms with Crippen LogP contribution >= 0.6 is 0 Å². The Morgan fingerprint density at radius 1 is 1.08 bits per heavy atom. The summed E-state index contributed by atoms with van der Waals surface area (Å²) in [5, 5.41) is 2.93. The summed E-state index contributed by atoms with van der Waals surface area (Å²) in [6.45, 7) is 3.87. The molecule has 24 heavy (non-hydrogen) atoms. The minimum Gasteiger partial charge on any atom is -0.493 e. The topological polar surface area (TPSA) is 47.6 Å². The van der Waals surface area contributed by atoms with Gasteiger partial charge in [-0.15, -0.1) is 0 Å². The van der Waals surface area contributed by atoms with Crippen molar-refractivity contribution >= 4 is 5.91 Å². The van der Waals surface area contributed by atoms with Crippen molar-refractivity contribution in [3.63, 3.8) is 0 Å². The zero-order valence-electron chi connectivity index (χ0n) is 14.1. The Bertz CT molecular complexity index is 671. The van der Waals surface area contributed by atoms with Crippen LogP contribution in [-0.2, 0) is 4.79 Å². The molecule has 1 amide bonds. The molecule has 0 saturated carbocycles. The predicted octanol–water partition coefficient (Wildman–Crippen LogP) is 3.73. The van der Waals surface area contributed by atoms with Crippen LogP contribution in [0.25, 0.3) is 0 Å². The number of halogens is 1. The summed E-state index contributed by atoms with van der Waals surface area (Å²) in [7, 11) is 1.55. The predicted molar refractivity (Wildman–Crippen MR) is 90.6 cm³/mol. The van der Waals surface area contributed by atoms with Gasteiger partial charge in [0, 0.05) is 0 Å². The van der Waals surface area contributed by atoms with Crippen molar-refractivity contribution in [3.05, 3.63) is 59.9 Å². The first-order valence-corrected chi connectivity index (χ1v) is 7.82. The van der Waals surface area contributed by atoms with E-state index >= 15 is 0 Å². The maximum Gasteiger partial charge on any atom is 0.258 e. The highest BCUT2D eigenvalue weighted by Crippen LogP contribution is 2.26. The first-order chi connectivity index (χ1) is 11.5. The van der Waals surface area contributed by atoms with Crippen LogP contribution < -0.4 is 14.8 Å². The number of ether oxygens (including phenoxy) is 2. The quantitative estimate of drug-likeness (QED) is 0.841. The number of para-hydroxylation sites is 2. The van der Waals surface area contributed by atoms with Crippen molar-refractivity contribution in [2.45, 2.75) is 19.9 Å². The van der Waals surface area contributed by atoms with E-state index < -0.39 is 0 Å². The lowest BCUT2D eigenvalue weighted by Crippen LogP contribution is -2.35. The molecule has 1 N–H and O–H groups in total. The van der Waals surface area contributed by atoms with Gasteiger partial charge in [0.15, 0.2) is 18.1 Å². The molecule has 0 aliphatic carbocycles. The number of rotatable bonds is 7. The lowest BCUT2D eigenvalue weighted by molar-refractivity contribution is -0.124. The van der Waals surface area contributed by atoms with Gasteiger partial charge in [0.25, 0.3) is 5.91 Å². The van der Waals surface area contributed by atoms with Crippen molar-refractivity contribution in [2.75, 3.05) is 13.7 Å². The van der Waals surface area contributed by atoms with E-state index in [1.54, 1.807) is 31.4 Å². The Balaban J connectivity index is 1.99. The molecule has 0 aliphatic rings. The number of carbonyl (C=O) groups excluding carboxylic acids is 1. The van der Waals surface area contributed by atoms with Crippen LogP contribution in [0.1, 0.15) is 25.5 Å². The van der Waals surface area contributed by atoms with Gasteiger partial charge in [-0.2, -0.15) is 0 Å². The van der Waals surface area contributed by atoms with Gasteiger partial charge in [-0.05, 0) is 35.7 Å². The van der Waals surface area contributed by atoms with Crippen molar-refractivity contribution in [1.29, 1.82) is 0 Å². The lowest BCUT2D eigenvalue weighted by Gasteiger charge is -2.23. The lowest BCUT2D eigenvalue weighted by atomic mass is 9.96. The Kier molecular flexibility index (Phi) is 6.18. The molecule has 0 heterocycles. The second kappa shape index (κ2) is 8.34. The minimum atomic E-state index is -0.299. The molecule has 2 aromatic carbocycles. The molecule has 0 fully saturated rings. The van der Waals surface area contributed by atoms with Crippen LogP contribution in [0.4, 0.5) is 4.39 Å². The zero-order chi connectivity index (χ0) is 17.5. The van der Waals surface area contributed by atoms with Crippen molar-refractivity contribution in [1.82, 2.24) is 5.32 Å². The average Bonchev–Trinajstić information content (AvgIpc) is 2.58. The smallest absolute Gasteiger partial charge is 0.258 e. The molecule has 1 atom stereocenters. The van der Waals surface area contributed by atoms with Crippen molar-refractivity contribution < 1.29 is 18.7 Å². The number of hydrogen-bond donors (Lipinski definition) is 1. The number of methoxy groups -OCH3 is 1. The van der Waals surface area contributed by atoms with Crippen LogP contribution in [0.3, 0.4) is 0 Å². The standard InChI is InChI=1S/C19H22FNO3/c1-13(2)19(14-8-10-15(20)11-9-14)21-18(22)12-24-17-7-5-4-6-16(17)23-3/h4-11,13,19H,12H2,1-3H3,(H,21,22)/t19-/m0/s1. The maximum atomic E-state index is 13.1. The molecule has 5 heteroatoms. The SMILES string of the molecule is COc1ccccc1OCC(=O)N[C@H](c1ccc(F)cc1)C(C)C.